The van der Waals surface area contributed by atoms with Crippen molar-refractivity contribution in [1.29, 1.82) is 0 Å². The van der Waals surface area contributed by atoms with Crippen LogP contribution in [0.4, 0.5) is 0 Å². The Morgan fingerprint density at radius 2 is 1.72 bits per heavy atom. The first kappa shape index (κ1) is 19.3. The van der Waals surface area contributed by atoms with Crippen LogP contribution in [0.3, 0.4) is 0 Å². The molecular formula is C21H28N2OS. The van der Waals surface area contributed by atoms with Gasteiger partial charge >= 0.3 is 0 Å². The van der Waals surface area contributed by atoms with Crippen molar-refractivity contribution in [3.05, 3.63) is 65.2 Å². The highest BCUT2D eigenvalue weighted by molar-refractivity contribution is 7.80. The molecule has 0 atom stereocenters. The fourth-order valence-electron chi connectivity index (χ4n) is 2.52. The Kier molecular flexibility index (Phi) is 6.82. The van der Waals surface area contributed by atoms with Crippen molar-refractivity contribution < 1.29 is 4.74 Å². The van der Waals surface area contributed by atoms with Gasteiger partial charge in [-0.05, 0) is 52.9 Å². The van der Waals surface area contributed by atoms with E-state index in [9.17, 15) is 0 Å². The van der Waals surface area contributed by atoms with Crippen molar-refractivity contribution in [2.45, 2.75) is 39.2 Å². The molecule has 0 spiro atoms. The standard InChI is InChI=1S/C21H28N2OS/c1-21(2,3)18-10-8-17(9-11-18)15-23-20(25)22-13-12-16-6-5-7-19(14-16)24-4/h5-11,14H,12-13,15H2,1-4H3,(H2,22,23,25). The van der Waals surface area contributed by atoms with Gasteiger partial charge < -0.3 is 15.4 Å². The molecule has 25 heavy (non-hydrogen) atoms. The van der Waals surface area contributed by atoms with E-state index in [0.29, 0.717) is 5.11 Å². The highest BCUT2D eigenvalue weighted by Gasteiger charge is 2.12. The molecule has 0 fully saturated rings. The lowest BCUT2D eigenvalue weighted by molar-refractivity contribution is 0.414. The number of nitrogens with one attached hydrogen (secondary N) is 2. The van der Waals surface area contributed by atoms with E-state index >= 15 is 0 Å². The minimum absolute atomic E-state index is 0.183. The molecule has 0 saturated carbocycles. The third-order valence-electron chi connectivity index (χ3n) is 4.11. The first-order valence-corrected chi connectivity index (χ1v) is 9.03. The molecule has 4 heteroatoms. The Morgan fingerprint density at radius 1 is 1.00 bits per heavy atom. The predicted octanol–water partition coefficient (Wildman–Crippen LogP) is 4.20. The van der Waals surface area contributed by atoms with E-state index in [0.717, 1.165) is 25.3 Å². The number of thiocarbonyl (C=S) groups is 1. The van der Waals surface area contributed by atoms with E-state index in [1.165, 1.54) is 16.7 Å². The van der Waals surface area contributed by atoms with Crippen molar-refractivity contribution in [1.82, 2.24) is 10.6 Å². The first-order chi connectivity index (χ1) is 11.9. The summed E-state index contributed by atoms with van der Waals surface area (Å²) in [6.45, 7) is 8.20. The van der Waals surface area contributed by atoms with Crippen LogP contribution in [0.5, 0.6) is 5.75 Å². The van der Waals surface area contributed by atoms with Crippen molar-refractivity contribution >= 4 is 17.3 Å². The van der Waals surface area contributed by atoms with Gasteiger partial charge in [0.05, 0.1) is 7.11 Å². The molecule has 0 aliphatic rings. The monoisotopic (exact) mass is 356 g/mol. The van der Waals surface area contributed by atoms with E-state index < -0.39 is 0 Å². The van der Waals surface area contributed by atoms with Crippen LogP contribution in [0.25, 0.3) is 0 Å². The zero-order valence-electron chi connectivity index (χ0n) is 15.6. The Bertz CT molecular complexity index is 690. The van der Waals surface area contributed by atoms with Crippen LogP contribution >= 0.6 is 12.2 Å². The molecule has 0 unspecified atom stereocenters. The molecule has 0 saturated heterocycles. The van der Waals surface area contributed by atoms with Crippen molar-refractivity contribution in [2.75, 3.05) is 13.7 Å². The zero-order chi connectivity index (χ0) is 18.3. The smallest absolute Gasteiger partial charge is 0.166 e. The quantitative estimate of drug-likeness (QED) is 0.760. The van der Waals surface area contributed by atoms with Gasteiger partial charge in [0.15, 0.2) is 5.11 Å². The maximum Gasteiger partial charge on any atom is 0.166 e. The van der Waals surface area contributed by atoms with Crippen LogP contribution in [-0.4, -0.2) is 18.8 Å². The van der Waals surface area contributed by atoms with E-state index in [2.05, 4.69) is 67.8 Å². The van der Waals surface area contributed by atoms with Crippen LogP contribution in [-0.2, 0) is 18.4 Å². The molecule has 134 valence electrons. The van der Waals surface area contributed by atoms with Gasteiger partial charge in [-0.2, -0.15) is 0 Å². The third-order valence-corrected chi connectivity index (χ3v) is 4.40. The lowest BCUT2D eigenvalue weighted by Crippen LogP contribution is -2.35. The lowest BCUT2D eigenvalue weighted by Gasteiger charge is -2.19. The number of hydrogen-bond donors (Lipinski definition) is 2. The molecule has 0 aliphatic heterocycles. The maximum atomic E-state index is 5.36. The highest BCUT2D eigenvalue weighted by Crippen LogP contribution is 2.22. The summed E-state index contributed by atoms with van der Waals surface area (Å²) in [6, 6.07) is 16.8. The van der Waals surface area contributed by atoms with Crippen LogP contribution in [0, 0.1) is 0 Å². The molecule has 2 aromatic rings. The average Bonchev–Trinajstić information content (AvgIpc) is 2.60. The molecule has 0 radical (unpaired) electrons. The second-order valence-corrected chi connectivity index (χ2v) is 7.57. The van der Waals surface area contributed by atoms with Gasteiger partial charge in [0.2, 0.25) is 0 Å². The zero-order valence-corrected chi connectivity index (χ0v) is 16.4. The Morgan fingerprint density at radius 3 is 2.36 bits per heavy atom. The van der Waals surface area contributed by atoms with E-state index in [1.54, 1.807) is 7.11 Å². The van der Waals surface area contributed by atoms with Gasteiger partial charge in [0, 0.05) is 13.1 Å². The van der Waals surface area contributed by atoms with Crippen molar-refractivity contribution in [3.63, 3.8) is 0 Å². The van der Waals surface area contributed by atoms with Gasteiger partial charge in [-0.3, -0.25) is 0 Å². The summed E-state index contributed by atoms with van der Waals surface area (Å²) in [5, 5.41) is 7.20. The summed E-state index contributed by atoms with van der Waals surface area (Å²) in [5.74, 6) is 0.886. The molecule has 0 bridgehead atoms. The van der Waals surface area contributed by atoms with Crippen LogP contribution < -0.4 is 15.4 Å². The second-order valence-electron chi connectivity index (χ2n) is 7.16. The summed E-state index contributed by atoms with van der Waals surface area (Å²) in [7, 11) is 1.68. The fraction of sp³-hybridized carbons (Fsp3) is 0.381. The lowest BCUT2D eigenvalue weighted by atomic mass is 9.87. The molecule has 0 aliphatic carbocycles. The molecule has 2 aromatic carbocycles. The van der Waals surface area contributed by atoms with E-state index in [4.69, 9.17) is 17.0 Å². The molecule has 0 aromatic heterocycles. The largest absolute Gasteiger partial charge is 0.497 e. The Labute approximate surface area is 156 Å². The van der Waals surface area contributed by atoms with Gasteiger partial charge in [-0.15, -0.1) is 0 Å². The van der Waals surface area contributed by atoms with Crippen molar-refractivity contribution in [2.24, 2.45) is 0 Å². The SMILES string of the molecule is COc1cccc(CCNC(=S)NCc2ccc(C(C)(C)C)cc2)c1. The van der Waals surface area contributed by atoms with Crippen LogP contribution in [0.15, 0.2) is 48.5 Å². The highest BCUT2D eigenvalue weighted by atomic mass is 32.1. The minimum Gasteiger partial charge on any atom is -0.497 e. The molecule has 2 N–H and O–H groups in total. The topological polar surface area (TPSA) is 33.3 Å². The average molecular weight is 357 g/mol. The van der Waals surface area contributed by atoms with Crippen molar-refractivity contribution in [3.8, 4) is 5.75 Å². The van der Waals surface area contributed by atoms with Gasteiger partial charge in [0.1, 0.15) is 5.75 Å². The van der Waals surface area contributed by atoms with E-state index in [-0.39, 0.29) is 5.41 Å². The predicted molar refractivity (Wildman–Crippen MR) is 109 cm³/mol. The minimum atomic E-state index is 0.183. The number of methoxy groups -OCH3 is 1. The summed E-state index contributed by atoms with van der Waals surface area (Å²) < 4.78 is 5.24. The third kappa shape index (κ3) is 6.39. The Balaban J connectivity index is 1.73. The normalized spacial score (nSPS) is 11.0. The molecule has 3 nitrogen and oxygen atoms in total. The summed E-state index contributed by atoms with van der Waals surface area (Å²) in [6.07, 6.45) is 0.902. The molecule has 2 rings (SSSR count). The molecule has 0 amide bonds. The van der Waals surface area contributed by atoms with E-state index in [1.807, 2.05) is 12.1 Å². The number of hydrogen-bond acceptors (Lipinski definition) is 2. The number of rotatable bonds is 6. The number of ether oxygens (including phenoxy) is 1. The number of benzene rings is 2. The van der Waals surface area contributed by atoms with Crippen LogP contribution in [0.2, 0.25) is 0 Å². The summed E-state index contributed by atoms with van der Waals surface area (Å²) >= 11 is 5.36. The summed E-state index contributed by atoms with van der Waals surface area (Å²) in [4.78, 5) is 0. The molecular weight excluding hydrogens is 328 g/mol. The van der Waals surface area contributed by atoms with Gasteiger partial charge in [-0.25, -0.2) is 0 Å². The van der Waals surface area contributed by atoms with Gasteiger partial charge in [-0.1, -0.05) is 57.2 Å². The van der Waals surface area contributed by atoms with Crippen LogP contribution in [0.1, 0.15) is 37.5 Å². The first-order valence-electron chi connectivity index (χ1n) is 8.62. The fourth-order valence-corrected chi connectivity index (χ4v) is 2.69. The summed E-state index contributed by atoms with van der Waals surface area (Å²) in [5.41, 5.74) is 3.98. The van der Waals surface area contributed by atoms with Gasteiger partial charge in [0.25, 0.3) is 0 Å². The Hall–Kier alpha value is -2.07. The second kappa shape index (κ2) is 8.86. The maximum absolute atomic E-state index is 5.36. The molecule has 0 heterocycles.